The van der Waals surface area contributed by atoms with Gasteiger partial charge in [-0.25, -0.2) is 9.97 Å². The number of amides is 1. The van der Waals surface area contributed by atoms with Gasteiger partial charge in [0.15, 0.2) is 6.61 Å². The Morgan fingerprint density at radius 1 is 0.950 bits per heavy atom. The smallest absolute Gasteiger partial charge is 0.262 e. The van der Waals surface area contributed by atoms with Crippen molar-refractivity contribution in [1.29, 1.82) is 0 Å². The molecule has 2 heterocycles. The Hall–Kier alpha value is -4.23. The summed E-state index contributed by atoms with van der Waals surface area (Å²) >= 11 is 0. The first kappa shape index (κ1) is 26.0. The van der Waals surface area contributed by atoms with Crippen LogP contribution in [0.4, 0.5) is 11.6 Å². The number of nitrogens with one attached hydrogen (secondary N) is 2. The molecule has 40 heavy (non-hydrogen) atoms. The number of ether oxygens (including phenoxy) is 1. The maximum absolute atomic E-state index is 12.4. The number of anilines is 2. The molecule has 4 aromatic rings. The first-order chi connectivity index (χ1) is 19.7. The lowest BCUT2D eigenvalue weighted by molar-refractivity contribution is -0.118. The van der Waals surface area contributed by atoms with Crippen molar-refractivity contribution in [3.8, 4) is 17.0 Å². The molecule has 0 spiro atoms. The first-order valence-electron chi connectivity index (χ1n) is 14.2. The molecule has 0 radical (unpaired) electrons. The number of para-hydroxylation sites is 1. The Labute approximate surface area is 235 Å². The molecule has 6 rings (SSSR count). The average Bonchev–Trinajstić information content (AvgIpc) is 3.53. The number of aromatic nitrogens is 2. The predicted octanol–water partition coefficient (Wildman–Crippen LogP) is 5.75. The number of carbonyl (C=O) groups is 1. The number of rotatable bonds is 10. The van der Waals surface area contributed by atoms with E-state index in [1.807, 2.05) is 48.7 Å². The predicted molar refractivity (Wildman–Crippen MR) is 159 cm³/mol. The summed E-state index contributed by atoms with van der Waals surface area (Å²) < 4.78 is 5.56. The van der Waals surface area contributed by atoms with E-state index in [1.165, 1.54) is 37.1 Å². The van der Waals surface area contributed by atoms with Crippen LogP contribution in [-0.2, 0) is 11.2 Å². The van der Waals surface area contributed by atoms with Gasteiger partial charge in [0.25, 0.3) is 5.91 Å². The van der Waals surface area contributed by atoms with Crippen molar-refractivity contribution in [3.05, 3.63) is 102 Å². The highest BCUT2D eigenvalue weighted by Gasteiger charge is 2.27. The molecule has 7 nitrogen and oxygen atoms in total. The maximum Gasteiger partial charge on any atom is 0.262 e. The third-order valence-electron chi connectivity index (χ3n) is 7.72. The zero-order valence-corrected chi connectivity index (χ0v) is 22.7. The van der Waals surface area contributed by atoms with Crippen LogP contribution in [0.25, 0.3) is 11.3 Å². The number of fused-ring (bicyclic) bond motifs is 3. The molecule has 1 atom stereocenters. The average molecular weight is 534 g/mol. The van der Waals surface area contributed by atoms with Gasteiger partial charge in [-0.1, -0.05) is 54.6 Å². The molecule has 2 aliphatic rings. The Kier molecular flexibility index (Phi) is 8.00. The number of hydrogen-bond acceptors (Lipinski definition) is 6. The SMILES string of the molecule is O=C(COc1ccccc1)Nc1ccc(C2Cc3cnc(NCCCN4CCCC4)nc3-c3ccccc32)cc1. The Bertz CT molecular complexity index is 1440. The second kappa shape index (κ2) is 12.3. The largest absolute Gasteiger partial charge is 0.484 e. The second-order valence-corrected chi connectivity index (χ2v) is 10.5. The minimum atomic E-state index is -0.189. The van der Waals surface area contributed by atoms with E-state index in [9.17, 15) is 4.79 Å². The summed E-state index contributed by atoms with van der Waals surface area (Å²) in [5.41, 5.74) is 6.54. The van der Waals surface area contributed by atoms with Gasteiger partial charge in [-0.05, 0) is 86.3 Å². The molecular weight excluding hydrogens is 498 g/mol. The normalized spacial score (nSPS) is 16.1. The summed E-state index contributed by atoms with van der Waals surface area (Å²) in [6.45, 7) is 4.43. The highest BCUT2D eigenvalue weighted by molar-refractivity contribution is 5.91. The van der Waals surface area contributed by atoms with Crippen molar-refractivity contribution in [2.75, 3.05) is 43.4 Å². The van der Waals surface area contributed by atoms with E-state index < -0.39 is 0 Å². The van der Waals surface area contributed by atoms with E-state index in [0.29, 0.717) is 11.7 Å². The maximum atomic E-state index is 12.4. The van der Waals surface area contributed by atoms with Gasteiger partial charge in [0.05, 0.1) is 5.69 Å². The van der Waals surface area contributed by atoms with Gasteiger partial charge in [0.2, 0.25) is 5.95 Å². The van der Waals surface area contributed by atoms with Crippen LogP contribution in [0, 0.1) is 0 Å². The molecule has 0 saturated carbocycles. The van der Waals surface area contributed by atoms with Crippen LogP contribution in [0.1, 0.15) is 41.9 Å². The summed E-state index contributed by atoms with van der Waals surface area (Å²) in [7, 11) is 0. The third-order valence-corrected chi connectivity index (χ3v) is 7.72. The minimum absolute atomic E-state index is 0.0339. The van der Waals surface area contributed by atoms with Gasteiger partial charge < -0.3 is 20.3 Å². The number of nitrogens with zero attached hydrogens (tertiary/aromatic N) is 3. The third kappa shape index (κ3) is 6.15. The monoisotopic (exact) mass is 533 g/mol. The van der Waals surface area contributed by atoms with E-state index in [0.717, 1.165) is 48.4 Å². The molecule has 1 unspecified atom stereocenters. The zero-order chi connectivity index (χ0) is 27.1. The Morgan fingerprint density at radius 3 is 2.55 bits per heavy atom. The molecule has 1 aromatic heterocycles. The van der Waals surface area contributed by atoms with Crippen molar-refractivity contribution >= 4 is 17.5 Å². The highest BCUT2D eigenvalue weighted by Crippen LogP contribution is 2.42. The van der Waals surface area contributed by atoms with Gasteiger partial charge in [-0.15, -0.1) is 0 Å². The lowest BCUT2D eigenvalue weighted by atomic mass is 9.78. The fourth-order valence-corrected chi connectivity index (χ4v) is 5.69. The molecule has 1 saturated heterocycles. The van der Waals surface area contributed by atoms with Crippen LogP contribution in [0.3, 0.4) is 0 Å². The Morgan fingerprint density at radius 2 is 1.73 bits per heavy atom. The van der Waals surface area contributed by atoms with Crippen LogP contribution >= 0.6 is 0 Å². The molecular formula is C33H35N5O2. The molecule has 1 aliphatic carbocycles. The molecule has 3 aromatic carbocycles. The molecule has 7 heteroatoms. The minimum Gasteiger partial charge on any atom is -0.484 e. The van der Waals surface area contributed by atoms with Gasteiger partial charge in [-0.2, -0.15) is 0 Å². The summed E-state index contributed by atoms with van der Waals surface area (Å²) in [4.78, 5) is 24.5. The number of hydrogen-bond donors (Lipinski definition) is 2. The van der Waals surface area contributed by atoms with E-state index >= 15 is 0 Å². The standard InChI is InChI=1S/C33H35N5O2/c39-31(23-40-27-9-2-1-3-10-27)36-26-15-13-24(14-16-26)30-21-25-22-35-33(34-17-8-20-38-18-6-7-19-38)37-32(25)29-12-5-4-11-28(29)30/h1-5,9-16,22,30H,6-8,17-21,23H2,(H,36,39)(H,34,35,37). The molecule has 1 aliphatic heterocycles. The topological polar surface area (TPSA) is 79.4 Å². The summed E-state index contributed by atoms with van der Waals surface area (Å²) in [6, 6.07) is 26.0. The van der Waals surface area contributed by atoms with Crippen LogP contribution in [0.5, 0.6) is 5.75 Å². The van der Waals surface area contributed by atoms with Crippen molar-refractivity contribution < 1.29 is 9.53 Å². The van der Waals surface area contributed by atoms with Crippen molar-refractivity contribution in [2.45, 2.75) is 31.6 Å². The fraction of sp³-hybridized carbons (Fsp3) is 0.303. The molecule has 2 N–H and O–H groups in total. The van der Waals surface area contributed by atoms with Crippen LogP contribution in [0.15, 0.2) is 85.1 Å². The number of carbonyl (C=O) groups excluding carboxylic acids is 1. The highest BCUT2D eigenvalue weighted by atomic mass is 16.5. The fourth-order valence-electron chi connectivity index (χ4n) is 5.69. The van der Waals surface area contributed by atoms with E-state index in [-0.39, 0.29) is 18.4 Å². The van der Waals surface area contributed by atoms with E-state index in [4.69, 9.17) is 9.72 Å². The summed E-state index contributed by atoms with van der Waals surface area (Å²) in [5, 5.41) is 6.37. The quantitative estimate of drug-likeness (QED) is 0.253. The lowest BCUT2D eigenvalue weighted by Crippen LogP contribution is -2.22. The van der Waals surface area contributed by atoms with E-state index in [1.54, 1.807) is 0 Å². The number of benzene rings is 3. The summed E-state index contributed by atoms with van der Waals surface area (Å²) in [5.74, 6) is 1.38. The van der Waals surface area contributed by atoms with Crippen molar-refractivity contribution in [2.24, 2.45) is 0 Å². The molecule has 204 valence electrons. The van der Waals surface area contributed by atoms with Crippen LogP contribution < -0.4 is 15.4 Å². The molecule has 1 amide bonds. The zero-order valence-electron chi connectivity index (χ0n) is 22.7. The molecule has 1 fully saturated rings. The van der Waals surface area contributed by atoms with E-state index in [2.05, 4.69) is 56.9 Å². The van der Waals surface area contributed by atoms with Crippen LogP contribution in [-0.4, -0.2) is 53.6 Å². The lowest BCUT2D eigenvalue weighted by Gasteiger charge is -2.27. The Balaban J connectivity index is 1.10. The summed E-state index contributed by atoms with van der Waals surface area (Å²) in [6.07, 6.45) is 6.56. The number of likely N-dealkylation sites (tertiary alicyclic amines) is 1. The van der Waals surface area contributed by atoms with Gasteiger partial charge in [0, 0.05) is 29.9 Å². The van der Waals surface area contributed by atoms with Crippen molar-refractivity contribution in [1.82, 2.24) is 14.9 Å². The van der Waals surface area contributed by atoms with Gasteiger partial charge >= 0.3 is 0 Å². The van der Waals surface area contributed by atoms with Gasteiger partial charge in [0.1, 0.15) is 5.75 Å². The second-order valence-electron chi connectivity index (χ2n) is 10.5. The van der Waals surface area contributed by atoms with Crippen LogP contribution in [0.2, 0.25) is 0 Å². The van der Waals surface area contributed by atoms with Crippen molar-refractivity contribution in [3.63, 3.8) is 0 Å². The first-order valence-corrected chi connectivity index (χ1v) is 14.2. The van der Waals surface area contributed by atoms with Gasteiger partial charge in [-0.3, -0.25) is 4.79 Å². The molecule has 0 bridgehead atoms.